The molecule has 0 amide bonds. The number of hydrogen-bond acceptors (Lipinski definition) is 4. The Labute approximate surface area is 117 Å². The van der Waals surface area contributed by atoms with Crippen molar-refractivity contribution >= 4 is 15.8 Å². The minimum Gasteiger partial charge on any atom is -0.478 e. The number of carboxylic acid groups (broad SMARTS) is 1. The first-order chi connectivity index (χ1) is 9.30. The molecule has 6 heteroatoms. The molecule has 1 fully saturated rings. The van der Waals surface area contributed by atoms with Crippen molar-refractivity contribution in [3.63, 3.8) is 0 Å². The lowest BCUT2D eigenvalue weighted by molar-refractivity contribution is 0.0696. The van der Waals surface area contributed by atoms with E-state index in [1.54, 1.807) is 6.92 Å². The Morgan fingerprint density at radius 3 is 2.60 bits per heavy atom. The van der Waals surface area contributed by atoms with E-state index >= 15 is 0 Å². The summed E-state index contributed by atoms with van der Waals surface area (Å²) in [5.41, 5.74) is 0.0567. The van der Waals surface area contributed by atoms with Crippen LogP contribution in [0.25, 0.3) is 0 Å². The number of benzene rings is 1. The molecule has 1 aromatic rings. The second-order valence-corrected chi connectivity index (χ2v) is 7.34. The maximum atomic E-state index is 12.5. The van der Waals surface area contributed by atoms with Gasteiger partial charge >= 0.3 is 5.97 Å². The van der Waals surface area contributed by atoms with Gasteiger partial charge in [0.2, 0.25) is 0 Å². The van der Waals surface area contributed by atoms with E-state index < -0.39 is 21.2 Å². The van der Waals surface area contributed by atoms with Gasteiger partial charge in [-0.1, -0.05) is 6.07 Å². The number of nitriles is 1. The van der Waals surface area contributed by atoms with Crippen molar-refractivity contribution in [2.24, 2.45) is 5.41 Å². The molecule has 0 radical (unpaired) electrons. The molecule has 0 atom stereocenters. The van der Waals surface area contributed by atoms with E-state index in [2.05, 4.69) is 0 Å². The summed E-state index contributed by atoms with van der Waals surface area (Å²) in [6.07, 6.45) is 1.69. The normalized spacial score (nSPS) is 16.4. The van der Waals surface area contributed by atoms with Crippen molar-refractivity contribution in [2.75, 3.05) is 5.75 Å². The van der Waals surface area contributed by atoms with Crippen LogP contribution in [0.4, 0.5) is 0 Å². The summed E-state index contributed by atoms with van der Waals surface area (Å²) in [5.74, 6) is -1.24. The Morgan fingerprint density at radius 2 is 2.10 bits per heavy atom. The molecule has 1 N–H and O–H groups in total. The topological polar surface area (TPSA) is 95.2 Å². The molecule has 1 aliphatic rings. The van der Waals surface area contributed by atoms with Crippen LogP contribution in [0.3, 0.4) is 0 Å². The summed E-state index contributed by atoms with van der Waals surface area (Å²) in [6.45, 7) is 1.64. The van der Waals surface area contributed by atoms with E-state index in [4.69, 9.17) is 10.4 Å². The van der Waals surface area contributed by atoms with Crippen molar-refractivity contribution < 1.29 is 18.3 Å². The highest BCUT2D eigenvalue weighted by Crippen LogP contribution is 2.50. The smallest absolute Gasteiger partial charge is 0.335 e. The third kappa shape index (κ3) is 2.83. The summed E-state index contributed by atoms with van der Waals surface area (Å²) in [4.78, 5) is 11.0. The first-order valence-corrected chi connectivity index (χ1v) is 7.89. The molecule has 0 unspecified atom stereocenters. The van der Waals surface area contributed by atoms with Crippen LogP contribution >= 0.6 is 0 Å². The van der Waals surface area contributed by atoms with Crippen LogP contribution < -0.4 is 0 Å². The van der Waals surface area contributed by atoms with Gasteiger partial charge in [0, 0.05) is 6.42 Å². The predicted octanol–water partition coefficient (Wildman–Crippen LogP) is 2.16. The fraction of sp³-hybridized carbons (Fsp3) is 0.429. The van der Waals surface area contributed by atoms with E-state index in [0.717, 1.165) is 12.8 Å². The fourth-order valence-corrected chi connectivity index (χ4v) is 4.48. The minimum atomic E-state index is -3.58. The lowest BCUT2D eigenvalue weighted by atomic mass is 10.1. The molecule has 0 bridgehead atoms. The van der Waals surface area contributed by atoms with Crippen LogP contribution in [0.15, 0.2) is 23.1 Å². The Balaban J connectivity index is 2.37. The van der Waals surface area contributed by atoms with Crippen LogP contribution in [-0.2, 0) is 9.84 Å². The summed E-state index contributed by atoms with van der Waals surface area (Å²) < 4.78 is 24.9. The van der Waals surface area contributed by atoms with Crippen LogP contribution in [0, 0.1) is 23.7 Å². The molecule has 0 saturated heterocycles. The van der Waals surface area contributed by atoms with Crippen molar-refractivity contribution in [1.82, 2.24) is 0 Å². The van der Waals surface area contributed by atoms with Gasteiger partial charge in [0.1, 0.15) is 0 Å². The second-order valence-electron chi connectivity index (χ2n) is 5.38. The summed E-state index contributed by atoms with van der Waals surface area (Å²) in [5, 5.41) is 17.7. The van der Waals surface area contributed by atoms with Crippen molar-refractivity contribution in [3.05, 3.63) is 29.3 Å². The number of hydrogen-bond donors (Lipinski definition) is 1. The van der Waals surface area contributed by atoms with E-state index in [1.165, 1.54) is 18.2 Å². The third-order valence-corrected chi connectivity index (χ3v) is 5.78. The molecule has 106 valence electrons. The van der Waals surface area contributed by atoms with Gasteiger partial charge in [0.15, 0.2) is 9.84 Å². The lowest BCUT2D eigenvalue weighted by Gasteiger charge is -2.13. The largest absolute Gasteiger partial charge is 0.478 e. The molecule has 1 aliphatic carbocycles. The summed E-state index contributed by atoms with van der Waals surface area (Å²) in [7, 11) is -3.58. The van der Waals surface area contributed by atoms with Crippen LogP contribution in [0.2, 0.25) is 0 Å². The number of rotatable bonds is 5. The Bertz CT molecular complexity index is 696. The molecular weight excluding hydrogens is 278 g/mol. The average molecular weight is 293 g/mol. The van der Waals surface area contributed by atoms with E-state index in [1.807, 2.05) is 6.07 Å². The van der Waals surface area contributed by atoms with Gasteiger partial charge in [0.25, 0.3) is 0 Å². The summed E-state index contributed by atoms with van der Waals surface area (Å²) in [6, 6.07) is 6.12. The van der Waals surface area contributed by atoms with Gasteiger partial charge in [-0.2, -0.15) is 5.26 Å². The molecule has 2 rings (SSSR count). The number of nitrogens with zero attached hydrogens (tertiary/aromatic N) is 1. The van der Waals surface area contributed by atoms with Crippen LogP contribution in [-0.4, -0.2) is 25.2 Å². The number of aromatic carboxylic acids is 1. The maximum Gasteiger partial charge on any atom is 0.335 e. The molecule has 0 spiro atoms. The zero-order valence-electron chi connectivity index (χ0n) is 11.1. The van der Waals surface area contributed by atoms with Crippen LogP contribution in [0.5, 0.6) is 0 Å². The number of carbonyl (C=O) groups is 1. The molecular formula is C14H15NO4S. The molecule has 1 aromatic carbocycles. The monoisotopic (exact) mass is 293 g/mol. The molecule has 1 saturated carbocycles. The zero-order chi connectivity index (χ0) is 15.0. The van der Waals surface area contributed by atoms with Gasteiger partial charge in [0.05, 0.1) is 22.3 Å². The summed E-state index contributed by atoms with van der Waals surface area (Å²) >= 11 is 0. The maximum absolute atomic E-state index is 12.5. The first-order valence-electron chi connectivity index (χ1n) is 6.23. The van der Waals surface area contributed by atoms with Gasteiger partial charge in [-0.25, -0.2) is 13.2 Å². The SMILES string of the molecule is Cc1ccc(C(=O)O)cc1S(=O)(=O)CC1(CC#N)CC1. The highest BCUT2D eigenvalue weighted by atomic mass is 32.2. The highest BCUT2D eigenvalue weighted by Gasteiger charge is 2.46. The number of sulfone groups is 1. The Morgan fingerprint density at radius 1 is 1.45 bits per heavy atom. The van der Waals surface area contributed by atoms with Gasteiger partial charge in [-0.05, 0) is 42.9 Å². The van der Waals surface area contributed by atoms with Crippen molar-refractivity contribution in [3.8, 4) is 6.07 Å². The standard InChI is InChI=1S/C14H15NO4S/c1-10-2-3-11(13(16)17)8-12(10)20(18,19)9-14(4-5-14)6-7-15/h2-3,8H,4-6,9H2,1H3,(H,16,17). The van der Waals surface area contributed by atoms with E-state index in [9.17, 15) is 13.2 Å². The Kier molecular flexibility index (Phi) is 3.57. The van der Waals surface area contributed by atoms with Crippen LogP contribution in [0.1, 0.15) is 35.2 Å². The number of aryl methyl sites for hydroxylation is 1. The molecule has 5 nitrogen and oxygen atoms in total. The van der Waals surface area contributed by atoms with Gasteiger partial charge < -0.3 is 5.11 Å². The highest BCUT2D eigenvalue weighted by molar-refractivity contribution is 7.91. The van der Waals surface area contributed by atoms with Gasteiger partial charge in [-0.3, -0.25) is 0 Å². The first kappa shape index (κ1) is 14.5. The fourth-order valence-electron chi connectivity index (χ4n) is 2.27. The Hall–Kier alpha value is -1.87. The van der Waals surface area contributed by atoms with Gasteiger partial charge in [-0.15, -0.1) is 0 Å². The quantitative estimate of drug-likeness (QED) is 0.897. The van der Waals surface area contributed by atoms with E-state index in [-0.39, 0.29) is 22.6 Å². The number of carboxylic acids is 1. The zero-order valence-corrected chi connectivity index (χ0v) is 11.9. The second kappa shape index (κ2) is 4.91. The van der Waals surface area contributed by atoms with Crippen molar-refractivity contribution in [2.45, 2.75) is 31.1 Å². The minimum absolute atomic E-state index is 0.0423. The predicted molar refractivity (Wildman–Crippen MR) is 72.1 cm³/mol. The third-order valence-electron chi connectivity index (χ3n) is 3.68. The van der Waals surface area contributed by atoms with E-state index in [0.29, 0.717) is 5.56 Å². The lowest BCUT2D eigenvalue weighted by Crippen LogP contribution is -2.18. The molecule has 0 aromatic heterocycles. The molecule has 20 heavy (non-hydrogen) atoms. The molecule has 0 heterocycles. The molecule has 0 aliphatic heterocycles. The van der Waals surface area contributed by atoms with Crippen molar-refractivity contribution in [1.29, 1.82) is 5.26 Å². The average Bonchev–Trinajstić information content (AvgIpc) is 3.08.